The number of fused-ring (bicyclic) bond motifs is 6. The van der Waals surface area contributed by atoms with Crippen LogP contribution in [0, 0.1) is 17.8 Å². The van der Waals surface area contributed by atoms with Crippen molar-refractivity contribution in [3.8, 4) is 0 Å². The molecule has 3 heterocycles. The van der Waals surface area contributed by atoms with Crippen LogP contribution >= 0.6 is 0 Å². The maximum atomic E-state index is 5.44. The Kier molecular flexibility index (Phi) is 7.64. The molecule has 0 saturated heterocycles. The molecule has 4 nitrogen and oxygen atoms in total. The summed E-state index contributed by atoms with van der Waals surface area (Å²) in [6.45, 7) is 0. The fraction of sp³-hybridized carbons (Fsp3) is 0.240. The van der Waals surface area contributed by atoms with Crippen LogP contribution in [-0.4, -0.2) is 28.7 Å². The molecule has 2 aromatic rings. The summed E-state index contributed by atoms with van der Waals surface area (Å²) in [4.78, 5) is 15.8. The van der Waals surface area contributed by atoms with Gasteiger partial charge in [-0.2, -0.15) is 0 Å². The Hall–Kier alpha value is -5.74. The molecule has 4 heteroatoms. The number of hydrogen-bond donors (Lipinski definition) is 0. The number of allylic oxidation sites excluding steroid dienone is 18. The third kappa shape index (κ3) is 5.18. The van der Waals surface area contributed by atoms with Crippen LogP contribution in [0.25, 0.3) is 5.57 Å². The highest BCUT2D eigenvalue weighted by Gasteiger charge is 2.43. The van der Waals surface area contributed by atoms with Crippen LogP contribution in [-0.2, 0) is 0 Å². The lowest BCUT2D eigenvalue weighted by molar-refractivity contribution is 0.500. The summed E-state index contributed by atoms with van der Waals surface area (Å²) in [5.74, 6) is 2.34. The highest BCUT2D eigenvalue weighted by Crippen LogP contribution is 2.52. The topological polar surface area (TPSA) is 31.2 Å². The smallest absolute Gasteiger partial charge is 0.226 e. The van der Waals surface area contributed by atoms with Gasteiger partial charge >= 0.3 is 0 Å². The summed E-state index contributed by atoms with van der Waals surface area (Å²) >= 11 is 0. The highest BCUT2D eigenvalue weighted by atomic mass is 15.3. The van der Waals surface area contributed by atoms with Crippen LogP contribution in [0.5, 0.6) is 0 Å². The summed E-state index contributed by atoms with van der Waals surface area (Å²) in [6.07, 6.45) is 49.0. The first-order valence-corrected chi connectivity index (χ1v) is 20.0. The summed E-state index contributed by atoms with van der Waals surface area (Å²) in [5, 5.41) is 0. The Balaban J connectivity index is 0.946. The molecule has 264 valence electrons. The Morgan fingerprint density at radius 3 is 2.48 bits per heavy atom. The Bertz CT molecular complexity index is 2360. The zero-order valence-electron chi connectivity index (χ0n) is 30.5. The zero-order chi connectivity index (χ0) is 35.6. The van der Waals surface area contributed by atoms with Gasteiger partial charge in [0, 0.05) is 58.1 Å². The number of anilines is 1. The predicted molar refractivity (Wildman–Crippen MR) is 223 cm³/mol. The number of rotatable bonds is 4. The first-order valence-electron chi connectivity index (χ1n) is 20.0. The summed E-state index contributed by atoms with van der Waals surface area (Å²) in [5.41, 5.74) is 13.7. The first kappa shape index (κ1) is 31.8. The lowest BCUT2D eigenvalue weighted by atomic mass is 9.81. The van der Waals surface area contributed by atoms with Crippen LogP contribution in [0.3, 0.4) is 0 Å². The lowest BCUT2D eigenvalue weighted by Crippen LogP contribution is -2.43. The molecule has 0 saturated carbocycles. The summed E-state index contributed by atoms with van der Waals surface area (Å²) in [6, 6.07) is 18.4. The molecule has 0 aromatic heterocycles. The van der Waals surface area contributed by atoms with Gasteiger partial charge in [-0.1, -0.05) is 140 Å². The molecule has 0 amide bonds. The number of guanidine groups is 1. The van der Waals surface area contributed by atoms with Crippen LogP contribution in [0.15, 0.2) is 197 Å². The van der Waals surface area contributed by atoms with Crippen molar-refractivity contribution in [2.75, 3.05) is 4.90 Å². The van der Waals surface area contributed by atoms with E-state index in [2.05, 4.69) is 174 Å². The monoisotopic (exact) mass is 700 g/mol. The minimum absolute atomic E-state index is 0.0677. The van der Waals surface area contributed by atoms with Gasteiger partial charge in [-0.3, -0.25) is 0 Å². The van der Waals surface area contributed by atoms with Crippen molar-refractivity contribution in [2.24, 2.45) is 27.7 Å². The molecule has 0 radical (unpaired) electrons. The molecule has 0 spiro atoms. The van der Waals surface area contributed by atoms with Gasteiger partial charge in [0.25, 0.3) is 0 Å². The largest absolute Gasteiger partial charge is 0.317 e. The van der Waals surface area contributed by atoms with E-state index >= 15 is 0 Å². The van der Waals surface area contributed by atoms with E-state index in [9.17, 15) is 0 Å². The second-order valence-electron chi connectivity index (χ2n) is 15.8. The van der Waals surface area contributed by atoms with E-state index in [1.165, 1.54) is 56.3 Å². The van der Waals surface area contributed by atoms with Crippen molar-refractivity contribution in [1.29, 1.82) is 0 Å². The second-order valence-corrected chi connectivity index (χ2v) is 15.8. The van der Waals surface area contributed by atoms with E-state index in [1.54, 1.807) is 0 Å². The Labute approximate surface area is 318 Å². The van der Waals surface area contributed by atoms with Crippen molar-refractivity contribution < 1.29 is 0 Å². The van der Waals surface area contributed by atoms with Gasteiger partial charge in [0.15, 0.2) is 0 Å². The van der Waals surface area contributed by atoms with Crippen molar-refractivity contribution in [3.05, 3.63) is 203 Å². The van der Waals surface area contributed by atoms with E-state index in [0.29, 0.717) is 17.8 Å². The van der Waals surface area contributed by atoms with E-state index in [-0.39, 0.29) is 23.9 Å². The quantitative estimate of drug-likeness (QED) is 0.318. The van der Waals surface area contributed by atoms with Crippen molar-refractivity contribution in [2.45, 2.75) is 56.0 Å². The van der Waals surface area contributed by atoms with Crippen LogP contribution in [0.4, 0.5) is 5.69 Å². The van der Waals surface area contributed by atoms with E-state index in [4.69, 9.17) is 9.98 Å². The average Bonchev–Trinajstić information content (AvgIpc) is 3.76. The van der Waals surface area contributed by atoms with Crippen LogP contribution in [0.2, 0.25) is 0 Å². The Morgan fingerprint density at radius 1 is 0.722 bits per heavy atom. The van der Waals surface area contributed by atoms with Crippen molar-refractivity contribution >= 4 is 22.9 Å². The van der Waals surface area contributed by atoms with Gasteiger partial charge in [0.2, 0.25) is 5.96 Å². The first-order chi connectivity index (χ1) is 26.8. The van der Waals surface area contributed by atoms with Crippen LogP contribution < -0.4 is 4.90 Å². The molecule has 7 atom stereocenters. The van der Waals surface area contributed by atoms with Gasteiger partial charge in [0.05, 0.1) is 12.1 Å². The molecule has 54 heavy (non-hydrogen) atoms. The maximum absolute atomic E-state index is 5.44. The number of benzene rings is 2. The molecule has 3 aliphatic heterocycles. The molecular weight excluding hydrogens is 657 g/mol. The van der Waals surface area contributed by atoms with E-state index < -0.39 is 0 Å². The van der Waals surface area contributed by atoms with Crippen molar-refractivity contribution in [1.82, 2.24) is 4.90 Å². The SMILES string of the molecule is C1=CCC(C2=NC(N3c4ccc(C5=CC=C6C(C5)C5=C(CCC=C5)N6C5=CC(c6ccccc6)CC=C5)cc4C4C=CC=CC43)=NC3C=CC=CC23)C=C1. The maximum Gasteiger partial charge on any atom is 0.226 e. The Morgan fingerprint density at radius 2 is 1.57 bits per heavy atom. The van der Waals surface area contributed by atoms with Gasteiger partial charge in [0.1, 0.15) is 0 Å². The van der Waals surface area contributed by atoms with Gasteiger partial charge in [-0.15, -0.1) is 0 Å². The third-order valence-electron chi connectivity index (χ3n) is 12.8. The van der Waals surface area contributed by atoms with Gasteiger partial charge < -0.3 is 9.80 Å². The fourth-order valence-electron chi connectivity index (χ4n) is 10.2. The fourth-order valence-corrected chi connectivity index (χ4v) is 10.2. The minimum Gasteiger partial charge on any atom is -0.317 e. The average molecular weight is 701 g/mol. The standard InChI is InChI=1S/C50H44N4/c1-3-14-33(15-4-1)35-18-13-19-38(30-35)53-45-24-11-8-20-39(45)42-31-36(26-28-47(42)53)37-27-29-48-43(32-37)40-21-9-12-25-46(40)54(48)50-51-44-23-10-7-22-41(44)49(52-50)34-16-5-2-6-17-34/h1-10,12-16,19-23,25-30,32,34-35,40-42,44,46H,11,17-18,24,31H2. The van der Waals surface area contributed by atoms with Crippen molar-refractivity contribution in [3.63, 3.8) is 0 Å². The van der Waals surface area contributed by atoms with E-state index in [0.717, 1.165) is 38.1 Å². The molecule has 11 rings (SSSR count). The zero-order valence-corrected chi connectivity index (χ0v) is 30.5. The lowest BCUT2D eigenvalue weighted by Gasteiger charge is -2.35. The molecule has 6 aliphatic carbocycles. The predicted octanol–water partition coefficient (Wildman–Crippen LogP) is 11.0. The second kappa shape index (κ2) is 13.0. The van der Waals surface area contributed by atoms with Gasteiger partial charge in [-0.05, 0) is 84.2 Å². The molecule has 2 aromatic carbocycles. The third-order valence-corrected chi connectivity index (χ3v) is 12.8. The molecule has 0 bridgehead atoms. The number of hydrogen-bond acceptors (Lipinski definition) is 4. The van der Waals surface area contributed by atoms with E-state index in [1.807, 2.05) is 0 Å². The number of nitrogens with zero attached hydrogens (tertiary/aromatic N) is 4. The molecule has 0 fully saturated rings. The molecule has 7 unspecified atom stereocenters. The summed E-state index contributed by atoms with van der Waals surface area (Å²) in [7, 11) is 0. The summed E-state index contributed by atoms with van der Waals surface area (Å²) < 4.78 is 0. The number of aliphatic imine (C=N–C) groups is 2. The minimum atomic E-state index is 0.0677. The van der Waals surface area contributed by atoms with Crippen LogP contribution in [0.1, 0.15) is 60.6 Å². The van der Waals surface area contributed by atoms with Gasteiger partial charge in [-0.25, -0.2) is 9.98 Å². The highest BCUT2D eigenvalue weighted by molar-refractivity contribution is 6.11. The normalized spacial score (nSPS) is 31.0. The molecule has 0 N–H and O–H groups in total. The molecular formula is C50H44N4. The molecule has 9 aliphatic rings.